The van der Waals surface area contributed by atoms with Gasteiger partial charge < -0.3 is 9.90 Å². The van der Waals surface area contributed by atoms with Crippen LogP contribution in [0.15, 0.2) is 24.3 Å². The monoisotopic (exact) mass is 192 g/mol. The van der Waals surface area contributed by atoms with E-state index in [2.05, 4.69) is 0 Å². The van der Waals surface area contributed by atoms with Gasteiger partial charge in [-0.3, -0.25) is 0 Å². The van der Waals surface area contributed by atoms with E-state index in [-0.39, 0.29) is 12.4 Å². The summed E-state index contributed by atoms with van der Waals surface area (Å²) in [5, 5.41) is 9.06. The number of ketones is 1. The summed E-state index contributed by atoms with van der Waals surface area (Å²) >= 11 is 0. The Morgan fingerprint density at radius 3 is 2.50 bits per heavy atom. The number of Topliss-reactive ketones (excluding diaryl/α,β-unsaturated/α-hetero) is 1. The molecule has 0 atom stereocenters. The highest BCUT2D eigenvalue weighted by atomic mass is 16.3. The maximum atomic E-state index is 10.7. The zero-order valence-electron chi connectivity index (χ0n) is 8.49. The molecule has 2 heteroatoms. The van der Waals surface area contributed by atoms with Crippen LogP contribution in [-0.4, -0.2) is 10.9 Å². The Morgan fingerprint density at radius 2 is 1.93 bits per heavy atom. The molecule has 0 saturated heterocycles. The van der Waals surface area contributed by atoms with E-state index in [9.17, 15) is 4.79 Å². The molecule has 0 aromatic heterocycles. The average molecular weight is 192 g/mol. The number of carbonyl (C=O) groups excluding carboxylic acids is 1. The number of aliphatic hydroxyl groups excluding tert-OH is 1. The molecule has 0 amide bonds. The maximum absolute atomic E-state index is 10.7. The highest BCUT2D eigenvalue weighted by Gasteiger charge is 2.00. The second-order valence-corrected chi connectivity index (χ2v) is 3.48. The Labute approximate surface area is 84.6 Å². The molecule has 0 aliphatic heterocycles. The highest BCUT2D eigenvalue weighted by molar-refractivity contribution is 5.75. The maximum Gasteiger partial charge on any atom is 0.129 e. The topological polar surface area (TPSA) is 37.3 Å². The van der Waals surface area contributed by atoms with Gasteiger partial charge in [-0.15, -0.1) is 0 Å². The molecule has 1 aromatic rings. The second kappa shape index (κ2) is 5.55. The molecule has 0 unspecified atom stereocenters. The molecule has 14 heavy (non-hydrogen) atoms. The van der Waals surface area contributed by atoms with Gasteiger partial charge in [0, 0.05) is 6.42 Å². The number of aryl methyl sites for hydroxylation is 1. The van der Waals surface area contributed by atoms with Crippen molar-refractivity contribution in [3.05, 3.63) is 35.4 Å². The summed E-state index contributed by atoms with van der Waals surface area (Å²) in [4.78, 5) is 10.7. The fourth-order valence-electron chi connectivity index (χ4n) is 1.48. The van der Waals surface area contributed by atoms with Gasteiger partial charge in [0.25, 0.3) is 0 Å². The van der Waals surface area contributed by atoms with Crippen LogP contribution in [0.1, 0.15) is 30.9 Å². The lowest BCUT2D eigenvalue weighted by Gasteiger charge is -2.05. The van der Waals surface area contributed by atoms with Crippen LogP contribution >= 0.6 is 0 Å². The second-order valence-electron chi connectivity index (χ2n) is 3.48. The molecule has 76 valence electrons. The third-order valence-electron chi connectivity index (χ3n) is 2.26. The number of hydrogen-bond donors (Lipinski definition) is 1. The summed E-state index contributed by atoms with van der Waals surface area (Å²) in [5.41, 5.74) is 2.12. The number of hydrogen-bond acceptors (Lipinski definition) is 2. The molecule has 0 aliphatic carbocycles. The van der Waals surface area contributed by atoms with Crippen molar-refractivity contribution < 1.29 is 9.90 Å². The zero-order chi connectivity index (χ0) is 10.4. The van der Waals surface area contributed by atoms with Crippen molar-refractivity contribution in [1.29, 1.82) is 0 Å². The number of carbonyl (C=O) groups is 1. The quantitative estimate of drug-likeness (QED) is 0.775. The van der Waals surface area contributed by atoms with Gasteiger partial charge in [-0.1, -0.05) is 24.3 Å². The van der Waals surface area contributed by atoms with Crippen LogP contribution in [0.3, 0.4) is 0 Å². The smallest absolute Gasteiger partial charge is 0.129 e. The van der Waals surface area contributed by atoms with Gasteiger partial charge >= 0.3 is 0 Å². The summed E-state index contributed by atoms with van der Waals surface area (Å²) in [6.07, 6.45) is 2.36. The molecule has 0 bridgehead atoms. The fraction of sp³-hybridized carbons (Fsp3) is 0.417. The van der Waals surface area contributed by atoms with E-state index in [4.69, 9.17) is 5.11 Å². The first-order chi connectivity index (χ1) is 6.74. The van der Waals surface area contributed by atoms with Gasteiger partial charge in [-0.25, -0.2) is 0 Å². The third kappa shape index (κ3) is 3.30. The number of rotatable bonds is 5. The van der Waals surface area contributed by atoms with Crippen molar-refractivity contribution in [3.8, 4) is 0 Å². The number of benzene rings is 1. The fourth-order valence-corrected chi connectivity index (χ4v) is 1.48. The van der Waals surface area contributed by atoms with Crippen LogP contribution in [-0.2, 0) is 17.8 Å². The molecule has 0 spiro atoms. The van der Waals surface area contributed by atoms with Crippen molar-refractivity contribution in [2.75, 3.05) is 0 Å². The van der Waals surface area contributed by atoms with Gasteiger partial charge in [0.2, 0.25) is 0 Å². The van der Waals surface area contributed by atoms with Crippen LogP contribution in [0, 0.1) is 0 Å². The van der Waals surface area contributed by atoms with Crippen LogP contribution in [0.2, 0.25) is 0 Å². The Kier molecular flexibility index (Phi) is 4.33. The average Bonchev–Trinajstić information content (AvgIpc) is 2.18. The van der Waals surface area contributed by atoms with Crippen molar-refractivity contribution in [3.63, 3.8) is 0 Å². The Bertz CT molecular complexity index is 305. The van der Waals surface area contributed by atoms with Gasteiger partial charge in [0.1, 0.15) is 5.78 Å². The molecule has 1 rings (SSSR count). The first-order valence-electron chi connectivity index (χ1n) is 4.91. The first kappa shape index (κ1) is 10.9. The Morgan fingerprint density at radius 1 is 1.29 bits per heavy atom. The van der Waals surface area contributed by atoms with E-state index in [1.165, 1.54) is 0 Å². The summed E-state index contributed by atoms with van der Waals surface area (Å²) in [6.45, 7) is 1.69. The number of aliphatic hydroxyl groups is 1. The molecule has 0 heterocycles. The Hall–Kier alpha value is -1.15. The minimum atomic E-state index is 0.0796. The molecule has 0 radical (unpaired) electrons. The van der Waals surface area contributed by atoms with E-state index in [0.29, 0.717) is 6.42 Å². The van der Waals surface area contributed by atoms with E-state index >= 15 is 0 Å². The summed E-state index contributed by atoms with van der Waals surface area (Å²) in [6, 6.07) is 7.80. The Balaban J connectivity index is 2.53. The van der Waals surface area contributed by atoms with Crippen LogP contribution in [0.5, 0.6) is 0 Å². The summed E-state index contributed by atoms with van der Waals surface area (Å²) in [5.74, 6) is 0.228. The summed E-state index contributed by atoms with van der Waals surface area (Å²) in [7, 11) is 0. The third-order valence-corrected chi connectivity index (χ3v) is 2.26. The largest absolute Gasteiger partial charge is 0.392 e. The van der Waals surface area contributed by atoms with Crippen molar-refractivity contribution in [1.82, 2.24) is 0 Å². The molecule has 0 aliphatic rings. The minimum absolute atomic E-state index is 0.0796. The van der Waals surface area contributed by atoms with Gasteiger partial charge in [-0.05, 0) is 30.9 Å². The van der Waals surface area contributed by atoms with Gasteiger partial charge in [-0.2, -0.15) is 0 Å². The molecular formula is C12H16O2. The van der Waals surface area contributed by atoms with Crippen LogP contribution in [0.4, 0.5) is 0 Å². The minimum Gasteiger partial charge on any atom is -0.392 e. The van der Waals surface area contributed by atoms with Gasteiger partial charge in [0.05, 0.1) is 6.61 Å². The van der Waals surface area contributed by atoms with E-state index < -0.39 is 0 Å². The van der Waals surface area contributed by atoms with Gasteiger partial charge in [0.15, 0.2) is 0 Å². The molecule has 1 N–H and O–H groups in total. The molecule has 0 fully saturated rings. The SMILES string of the molecule is CC(=O)CCCc1ccccc1CO. The van der Waals surface area contributed by atoms with Crippen molar-refractivity contribution in [2.45, 2.75) is 32.8 Å². The molecule has 0 saturated carbocycles. The normalized spacial score (nSPS) is 10.1. The lowest BCUT2D eigenvalue weighted by Crippen LogP contribution is -1.96. The standard InChI is InChI=1S/C12H16O2/c1-10(14)5-4-8-11-6-2-3-7-12(11)9-13/h2-3,6-7,13H,4-5,8-9H2,1H3. The lowest BCUT2D eigenvalue weighted by atomic mass is 10.0. The highest BCUT2D eigenvalue weighted by Crippen LogP contribution is 2.11. The predicted octanol–water partition coefficient (Wildman–Crippen LogP) is 2.09. The predicted molar refractivity (Wildman–Crippen MR) is 56.0 cm³/mol. The van der Waals surface area contributed by atoms with E-state index in [0.717, 1.165) is 24.0 Å². The zero-order valence-corrected chi connectivity index (χ0v) is 8.49. The first-order valence-corrected chi connectivity index (χ1v) is 4.91. The summed E-state index contributed by atoms with van der Waals surface area (Å²) < 4.78 is 0. The van der Waals surface area contributed by atoms with Crippen LogP contribution in [0.25, 0.3) is 0 Å². The molecule has 1 aromatic carbocycles. The van der Waals surface area contributed by atoms with Crippen LogP contribution < -0.4 is 0 Å². The molecule has 2 nitrogen and oxygen atoms in total. The van der Waals surface area contributed by atoms with E-state index in [1.54, 1.807) is 6.92 Å². The van der Waals surface area contributed by atoms with Crippen molar-refractivity contribution >= 4 is 5.78 Å². The van der Waals surface area contributed by atoms with E-state index in [1.807, 2.05) is 24.3 Å². The van der Waals surface area contributed by atoms with Crippen molar-refractivity contribution in [2.24, 2.45) is 0 Å². The molecular weight excluding hydrogens is 176 g/mol. The lowest BCUT2D eigenvalue weighted by molar-refractivity contribution is -0.117.